The molecule has 4 heteroatoms. The molecule has 0 unspecified atom stereocenters. The summed E-state index contributed by atoms with van der Waals surface area (Å²) in [6.45, 7) is 0.668. The molecule has 1 heterocycles. The monoisotopic (exact) mass is 215 g/mol. The maximum absolute atomic E-state index is 11.3. The Labute approximate surface area is 93.6 Å². The third-order valence-corrected chi connectivity index (χ3v) is 2.29. The van der Waals surface area contributed by atoms with Crippen molar-refractivity contribution in [3.63, 3.8) is 0 Å². The smallest absolute Gasteiger partial charge is 0.349 e. The van der Waals surface area contributed by atoms with Crippen molar-refractivity contribution in [2.75, 3.05) is 5.32 Å². The van der Waals surface area contributed by atoms with Gasteiger partial charge in [-0.3, -0.25) is 0 Å². The van der Waals surface area contributed by atoms with E-state index >= 15 is 0 Å². The SMILES string of the molecule is Cn1ccc(NCc2ccccc2)nc1=O. The van der Waals surface area contributed by atoms with Crippen LogP contribution < -0.4 is 11.0 Å². The molecule has 4 nitrogen and oxygen atoms in total. The van der Waals surface area contributed by atoms with Crippen LogP contribution in [0.4, 0.5) is 5.82 Å². The van der Waals surface area contributed by atoms with Crippen molar-refractivity contribution in [3.8, 4) is 0 Å². The molecule has 1 aromatic carbocycles. The van der Waals surface area contributed by atoms with Crippen molar-refractivity contribution in [3.05, 3.63) is 58.6 Å². The van der Waals surface area contributed by atoms with Gasteiger partial charge in [0.05, 0.1) is 0 Å². The van der Waals surface area contributed by atoms with Crippen LogP contribution in [0.2, 0.25) is 0 Å². The van der Waals surface area contributed by atoms with Gasteiger partial charge < -0.3 is 9.88 Å². The third-order valence-electron chi connectivity index (χ3n) is 2.29. The molecule has 16 heavy (non-hydrogen) atoms. The standard InChI is InChI=1S/C12H13N3O/c1-15-8-7-11(14-12(15)16)13-9-10-5-3-2-4-6-10/h2-8H,9H2,1H3,(H,13,14,16). The molecule has 2 aromatic rings. The second kappa shape index (κ2) is 4.61. The van der Waals surface area contributed by atoms with Gasteiger partial charge in [-0.1, -0.05) is 30.3 Å². The van der Waals surface area contributed by atoms with E-state index in [1.165, 1.54) is 4.57 Å². The minimum atomic E-state index is -0.252. The molecule has 0 aliphatic rings. The van der Waals surface area contributed by atoms with E-state index in [2.05, 4.69) is 10.3 Å². The normalized spacial score (nSPS) is 10.1. The number of rotatable bonds is 3. The van der Waals surface area contributed by atoms with Crippen LogP contribution in [0.3, 0.4) is 0 Å². The van der Waals surface area contributed by atoms with Gasteiger partial charge in [0, 0.05) is 19.8 Å². The summed E-state index contributed by atoms with van der Waals surface area (Å²) >= 11 is 0. The van der Waals surface area contributed by atoms with Gasteiger partial charge in [0.25, 0.3) is 0 Å². The molecule has 82 valence electrons. The lowest BCUT2D eigenvalue weighted by Crippen LogP contribution is -2.20. The van der Waals surface area contributed by atoms with Crippen molar-refractivity contribution in [2.24, 2.45) is 7.05 Å². The Morgan fingerprint density at radius 3 is 2.69 bits per heavy atom. The van der Waals surface area contributed by atoms with Gasteiger partial charge in [0.15, 0.2) is 0 Å². The number of aryl methyl sites for hydroxylation is 1. The van der Waals surface area contributed by atoms with Crippen molar-refractivity contribution >= 4 is 5.82 Å². The number of hydrogen-bond donors (Lipinski definition) is 1. The number of aromatic nitrogens is 2. The average Bonchev–Trinajstić information content (AvgIpc) is 2.32. The van der Waals surface area contributed by atoms with Crippen LogP contribution >= 0.6 is 0 Å². The van der Waals surface area contributed by atoms with E-state index in [1.54, 1.807) is 19.3 Å². The average molecular weight is 215 g/mol. The van der Waals surface area contributed by atoms with Crippen LogP contribution in [0.1, 0.15) is 5.56 Å². The first-order valence-corrected chi connectivity index (χ1v) is 5.07. The maximum atomic E-state index is 11.3. The van der Waals surface area contributed by atoms with Gasteiger partial charge in [-0.15, -0.1) is 0 Å². The van der Waals surface area contributed by atoms with Crippen LogP contribution in [-0.4, -0.2) is 9.55 Å². The Morgan fingerprint density at radius 2 is 2.00 bits per heavy atom. The Balaban J connectivity index is 2.05. The summed E-state index contributed by atoms with van der Waals surface area (Å²) in [5, 5.41) is 3.10. The molecule has 1 N–H and O–H groups in total. The molecule has 0 aliphatic carbocycles. The number of nitrogens with zero attached hydrogens (tertiary/aromatic N) is 2. The van der Waals surface area contributed by atoms with Crippen molar-refractivity contribution in [1.82, 2.24) is 9.55 Å². The molecule has 1 aromatic heterocycles. The summed E-state index contributed by atoms with van der Waals surface area (Å²) in [7, 11) is 1.68. The second-order valence-electron chi connectivity index (χ2n) is 3.55. The third kappa shape index (κ3) is 2.48. The Bertz CT molecular complexity index is 519. The predicted octanol–water partition coefficient (Wildman–Crippen LogP) is 1.39. The van der Waals surface area contributed by atoms with Crippen molar-refractivity contribution in [1.29, 1.82) is 0 Å². The van der Waals surface area contributed by atoms with Crippen LogP contribution in [0.5, 0.6) is 0 Å². The van der Waals surface area contributed by atoms with Gasteiger partial charge >= 0.3 is 5.69 Å². The minimum Gasteiger partial charge on any atom is -0.366 e. The summed E-state index contributed by atoms with van der Waals surface area (Å²) < 4.78 is 1.44. The molecular weight excluding hydrogens is 202 g/mol. The van der Waals surface area contributed by atoms with Crippen LogP contribution in [0.25, 0.3) is 0 Å². The molecule has 0 bridgehead atoms. The predicted molar refractivity (Wildman–Crippen MR) is 63.2 cm³/mol. The quantitative estimate of drug-likeness (QED) is 0.841. The van der Waals surface area contributed by atoms with Gasteiger partial charge in [-0.05, 0) is 11.6 Å². The molecule has 0 aliphatic heterocycles. The van der Waals surface area contributed by atoms with Crippen molar-refractivity contribution in [2.45, 2.75) is 6.54 Å². The largest absolute Gasteiger partial charge is 0.366 e. The fourth-order valence-corrected chi connectivity index (χ4v) is 1.35. The van der Waals surface area contributed by atoms with E-state index in [1.807, 2.05) is 30.3 Å². The number of anilines is 1. The van der Waals surface area contributed by atoms with Gasteiger partial charge in [0.2, 0.25) is 0 Å². The second-order valence-corrected chi connectivity index (χ2v) is 3.55. The summed E-state index contributed by atoms with van der Waals surface area (Å²) in [5.41, 5.74) is 0.906. The van der Waals surface area contributed by atoms with E-state index in [9.17, 15) is 4.79 Å². The molecule has 0 spiro atoms. The lowest BCUT2D eigenvalue weighted by atomic mass is 10.2. The Kier molecular flexibility index (Phi) is 3.00. The topological polar surface area (TPSA) is 46.9 Å². The molecule has 2 rings (SSSR count). The van der Waals surface area contributed by atoms with E-state index in [-0.39, 0.29) is 5.69 Å². The zero-order chi connectivity index (χ0) is 11.4. The van der Waals surface area contributed by atoms with E-state index in [0.717, 1.165) is 5.56 Å². The lowest BCUT2D eigenvalue weighted by molar-refractivity contribution is 0.810. The highest BCUT2D eigenvalue weighted by molar-refractivity contribution is 5.33. The summed E-state index contributed by atoms with van der Waals surface area (Å²) in [4.78, 5) is 15.1. The molecule has 0 atom stereocenters. The van der Waals surface area contributed by atoms with E-state index < -0.39 is 0 Å². The summed E-state index contributed by atoms with van der Waals surface area (Å²) in [5.74, 6) is 0.604. The lowest BCUT2D eigenvalue weighted by Gasteiger charge is -2.05. The zero-order valence-electron chi connectivity index (χ0n) is 9.05. The first kappa shape index (κ1) is 10.4. The number of benzene rings is 1. The number of hydrogen-bond acceptors (Lipinski definition) is 3. The maximum Gasteiger partial charge on any atom is 0.349 e. The first-order valence-electron chi connectivity index (χ1n) is 5.07. The zero-order valence-corrected chi connectivity index (χ0v) is 9.05. The van der Waals surface area contributed by atoms with Gasteiger partial charge in [0.1, 0.15) is 5.82 Å². The van der Waals surface area contributed by atoms with Crippen LogP contribution in [0, 0.1) is 0 Å². The van der Waals surface area contributed by atoms with Crippen LogP contribution in [-0.2, 0) is 13.6 Å². The van der Waals surface area contributed by atoms with E-state index in [0.29, 0.717) is 12.4 Å². The van der Waals surface area contributed by atoms with Crippen LogP contribution in [0.15, 0.2) is 47.4 Å². The van der Waals surface area contributed by atoms with Crippen molar-refractivity contribution < 1.29 is 0 Å². The first-order chi connectivity index (χ1) is 7.75. The fourth-order valence-electron chi connectivity index (χ4n) is 1.35. The molecule has 0 radical (unpaired) electrons. The highest BCUT2D eigenvalue weighted by Crippen LogP contribution is 2.03. The van der Waals surface area contributed by atoms with Gasteiger partial charge in [-0.25, -0.2) is 4.79 Å². The Morgan fingerprint density at radius 1 is 1.25 bits per heavy atom. The number of nitrogens with one attached hydrogen (secondary N) is 1. The highest BCUT2D eigenvalue weighted by Gasteiger charge is 1.96. The van der Waals surface area contributed by atoms with Gasteiger partial charge in [-0.2, -0.15) is 4.98 Å². The fraction of sp³-hybridized carbons (Fsp3) is 0.167. The molecular formula is C12H13N3O. The highest BCUT2D eigenvalue weighted by atomic mass is 16.1. The minimum absolute atomic E-state index is 0.252. The summed E-state index contributed by atoms with van der Waals surface area (Å²) in [6.07, 6.45) is 1.70. The molecule has 0 saturated carbocycles. The molecule has 0 fully saturated rings. The Hall–Kier alpha value is -2.10. The molecule has 0 saturated heterocycles. The van der Waals surface area contributed by atoms with E-state index in [4.69, 9.17) is 0 Å². The summed E-state index contributed by atoms with van der Waals surface area (Å²) in [6, 6.07) is 11.8. The molecule has 0 amide bonds.